The van der Waals surface area contributed by atoms with Crippen LogP contribution in [0, 0.1) is 0 Å². The molecule has 7 heteroatoms. The number of benzene rings is 2. The number of carbonyl (C=O) groups excluding carboxylic acids is 3. The summed E-state index contributed by atoms with van der Waals surface area (Å²) in [7, 11) is 0. The number of esters is 1. The van der Waals surface area contributed by atoms with Crippen LogP contribution in [0.2, 0.25) is 5.02 Å². The number of hydrogen-bond donors (Lipinski definition) is 1. The van der Waals surface area contributed by atoms with Gasteiger partial charge in [0.2, 0.25) is 0 Å². The van der Waals surface area contributed by atoms with E-state index in [1.54, 1.807) is 57.2 Å². The van der Waals surface area contributed by atoms with Gasteiger partial charge in [-0.05, 0) is 50.6 Å². The fourth-order valence-electron chi connectivity index (χ4n) is 3.04. The van der Waals surface area contributed by atoms with E-state index in [9.17, 15) is 14.4 Å². The lowest BCUT2D eigenvalue weighted by atomic mass is 9.98. The zero-order valence-corrected chi connectivity index (χ0v) is 16.6. The molecule has 146 valence electrons. The van der Waals surface area contributed by atoms with Gasteiger partial charge in [0.05, 0.1) is 11.1 Å². The van der Waals surface area contributed by atoms with Crippen LogP contribution >= 0.6 is 11.6 Å². The molecule has 0 saturated heterocycles. The number of amides is 2. The molecule has 2 aromatic carbocycles. The predicted molar refractivity (Wildman–Crippen MR) is 105 cm³/mol. The zero-order chi connectivity index (χ0) is 20.5. The Labute approximate surface area is 168 Å². The quantitative estimate of drug-likeness (QED) is 0.594. The van der Waals surface area contributed by atoms with E-state index >= 15 is 0 Å². The van der Waals surface area contributed by atoms with E-state index in [0.29, 0.717) is 22.6 Å². The molecule has 0 saturated carbocycles. The summed E-state index contributed by atoms with van der Waals surface area (Å²) in [5, 5.41) is 1.50. The van der Waals surface area contributed by atoms with Crippen LogP contribution in [0.25, 0.3) is 0 Å². The molecule has 0 aromatic heterocycles. The number of rotatable bonds is 6. The zero-order valence-electron chi connectivity index (χ0n) is 15.9. The maximum atomic E-state index is 12.5. The largest absolute Gasteiger partial charge is 0.458 e. The van der Waals surface area contributed by atoms with E-state index in [1.165, 1.54) is 0 Å². The molecule has 1 aliphatic heterocycles. The first-order valence-electron chi connectivity index (χ1n) is 8.89. The predicted octanol–water partition coefficient (Wildman–Crippen LogP) is 3.39. The van der Waals surface area contributed by atoms with Crippen molar-refractivity contribution in [2.24, 2.45) is 0 Å². The number of imide groups is 1. The Balaban J connectivity index is 1.62. The molecule has 0 bridgehead atoms. The van der Waals surface area contributed by atoms with E-state index in [1.807, 2.05) is 12.1 Å². The second kappa shape index (κ2) is 7.73. The van der Waals surface area contributed by atoms with Crippen molar-refractivity contribution in [3.63, 3.8) is 0 Å². The highest BCUT2D eigenvalue weighted by molar-refractivity contribution is 6.30. The van der Waals surface area contributed by atoms with Crippen LogP contribution in [0.15, 0.2) is 48.5 Å². The summed E-state index contributed by atoms with van der Waals surface area (Å²) >= 11 is 5.89. The lowest BCUT2D eigenvalue weighted by molar-refractivity contribution is -0.159. The summed E-state index contributed by atoms with van der Waals surface area (Å²) in [5.41, 5.74) is 3.48. The van der Waals surface area contributed by atoms with Crippen LogP contribution < -0.4 is 5.43 Å². The summed E-state index contributed by atoms with van der Waals surface area (Å²) in [4.78, 5) is 37.3. The number of halogens is 1. The Bertz CT molecular complexity index is 889. The molecule has 6 nitrogen and oxygen atoms in total. The van der Waals surface area contributed by atoms with E-state index in [0.717, 1.165) is 10.6 Å². The Morgan fingerprint density at radius 3 is 2.14 bits per heavy atom. The van der Waals surface area contributed by atoms with Gasteiger partial charge in [0.15, 0.2) is 0 Å². The first kappa shape index (κ1) is 20.0. The topological polar surface area (TPSA) is 75.7 Å². The molecular formula is C21H21ClN2O4. The maximum Gasteiger partial charge on any atom is 0.325 e. The first-order valence-corrected chi connectivity index (χ1v) is 9.27. The van der Waals surface area contributed by atoms with Crippen molar-refractivity contribution in [3.05, 3.63) is 70.2 Å². The van der Waals surface area contributed by atoms with Gasteiger partial charge >= 0.3 is 5.97 Å². The number of hydrogen-bond acceptors (Lipinski definition) is 5. The van der Waals surface area contributed by atoms with Gasteiger partial charge in [0, 0.05) is 11.4 Å². The second-order valence-electron chi connectivity index (χ2n) is 7.33. The van der Waals surface area contributed by atoms with Crippen molar-refractivity contribution >= 4 is 29.4 Å². The standard InChI is InChI=1S/C21H21ClN2O4/c1-13(23-24-18(25)16-6-4-5-7-17(16)19(24)26)20(27)28-21(2,3)12-14-8-10-15(22)11-9-14/h4-11,13,23H,12H2,1-3H3/t13-/m1/s1. The number of carbonyl (C=O) groups is 3. The third kappa shape index (κ3) is 4.24. The molecule has 2 amide bonds. The van der Waals surface area contributed by atoms with Crippen molar-refractivity contribution in [3.8, 4) is 0 Å². The average Bonchev–Trinajstić information content (AvgIpc) is 2.88. The Morgan fingerprint density at radius 2 is 1.61 bits per heavy atom. The van der Waals surface area contributed by atoms with Gasteiger partial charge in [0.25, 0.3) is 11.8 Å². The second-order valence-corrected chi connectivity index (χ2v) is 7.76. The number of nitrogens with one attached hydrogen (secondary N) is 1. The summed E-state index contributed by atoms with van der Waals surface area (Å²) in [6.45, 7) is 5.15. The molecular weight excluding hydrogens is 380 g/mol. The molecule has 0 aliphatic carbocycles. The highest BCUT2D eigenvalue weighted by Crippen LogP contribution is 2.22. The van der Waals surface area contributed by atoms with E-state index in [2.05, 4.69) is 5.43 Å². The number of nitrogens with zero attached hydrogens (tertiary/aromatic N) is 1. The minimum Gasteiger partial charge on any atom is -0.458 e. The molecule has 28 heavy (non-hydrogen) atoms. The molecule has 0 radical (unpaired) electrons. The van der Waals surface area contributed by atoms with Crippen molar-refractivity contribution in [1.29, 1.82) is 0 Å². The smallest absolute Gasteiger partial charge is 0.325 e. The van der Waals surface area contributed by atoms with Gasteiger partial charge in [-0.3, -0.25) is 14.4 Å². The van der Waals surface area contributed by atoms with Crippen LogP contribution in [0.4, 0.5) is 0 Å². The molecule has 0 spiro atoms. The highest BCUT2D eigenvalue weighted by atomic mass is 35.5. The van der Waals surface area contributed by atoms with Gasteiger partial charge in [-0.25, -0.2) is 10.4 Å². The fraction of sp³-hybridized carbons (Fsp3) is 0.286. The normalized spacial score (nSPS) is 14.8. The first-order chi connectivity index (χ1) is 13.2. The Hall–Kier alpha value is -2.70. The molecule has 2 aromatic rings. The van der Waals surface area contributed by atoms with Crippen LogP contribution in [0.1, 0.15) is 47.1 Å². The van der Waals surface area contributed by atoms with Gasteiger partial charge in [-0.1, -0.05) is 35.9 Å². The van der Waals surface area contributed by atoms with E-state index in [-0.39, 0.29) is 0 Å². The van der Waals surface area contributed by atoms with Gasteiger partial charge < -0.3 is 4.74 Å². The van der Waals surface area contributed by atoms with Crippen LogP contribution in [-0.2, 0) is 16.0 Å². The molecule has 1 aliphatic rings. The molecule has 3 rings (SSSR count). The minimum absolute atomic E-state index is 0.309. The molecule has 1 heterocycles. The van der Waals surface area contributed by atoms with Crippen molar-refractivity contribution in [2.75, 3.05) is 0 Å². The summed E-state index contributed by atoms with van der Waals surface area (Å²) in [6, 6.07) is 12.9. The van der Waals surface area contributed by atoms with Crippen LogP contribution in [0.5, 0.6) is 0 Å². The van der Waals surface area contributed by atoms with Crippen LogP contribution in [-0.4, -0.2) is 34.4 Å². The monoisotopic (exact) mass is 400 g/mol. The lowest BCUT2D eigenvalue weighted by Crippen LogP contribution is -2.51. The Kier molecular flexibility index (Phi) is 5.54. The van der Waals surface area contributed by atoms with Crippen LogP contribution in [0.3, 0.4) is 0 Å². The van der Waals surface area contributed by atoms with Gasteiger partial charge in [-0.2, -0.15) is 0 Å². The molecule has 1 N–H and O–H groups in total. The third-order valence-electron chi connectivity index (χ3n) is 4.39. The molecule has 0 fully saturated rings. The van der Waals surface area contributed by atoms with Gasteiger partial charge in [-0.15, -0.1) is 0 Å². The average molecular weight is 401 g/mol. The van der Waals surface area contributed by atoms with Gasteiger partial charge in [0.1, 0.15) is 11.6 Å². The van der Waals surface area contributed by atoms with Crippen molar-refractivity contribution in [1.82, 2.24) is 10.4 Å². The highest BCUT2D eigenvalue weighted by Gasteiger charge is 2.37. The molecule has 1 atom stereocenters. The minimum atomic E-state index is -0.883. The summed E-state index contributed by atoms with van der Waals surface area (Å²) in [5.74, 6) is -1.53. The maximum absolute atomic E-state index is 12.5. The summed E-state index contributed by atoms with van der Waals surface area (Å²) < 4.78 is 5.61. The SMILES string of the molecule is C[C@@H](NN1C(=O)c2ccccc2C1=O)C(=O)OC(C)(C)Cc1ccc(Cl)cc1. The lowest BCUT2D eigenvalue weighted by Gasteiger charge is -2.28. The van der Waals surface area contributed by atoms with Crippen molar-refractivity contribution < 1.29 is 19.1 Å². The Morgan fingerprint density at radius 1 is 1.07 bits per heavy atom. The van der Waals surface area contributed by atoms with E-state index in [4.69, 9.17) is 16.3 Å². The number of hydrazine groups is 1. The summed E-state index contributed by atoms with van der Waals surface area (Å²) in [6.07, 6.45) is 0.496. The number of fused-ring (bicyclic) bond motifs is 1. The fourth-order valence-corrected chi connectivity index (χ4v) is 3.17. The van der Waals surface area contributed by atoms with Crippen molar-refractivity contribution in [2.45, 2.75) is 38.8 Å². The van der Waals surface area contributed by atoms with E-state index < -0.39 is 29.4 Å². The third-order valence-corrected chi connectivity index (χ3v) is 4.64. The number of ether oxygens (including phenoxy) is 1. The molecule has 0 unspecified atom stereocenters.